The predicted octanol–water partition coefficient (Wildman–Crippen LogP) is -1.07. The van der Waals surface area contributed by atoms with E-state index < -0.39 is 0 Å². The van der Waals surface area contributed by atoms with E-state index in [1.165, 1.54) is 6.39 Å². The summed E-state index contributed by atoms with van der Waals surface area (Å²) in [4.78, 5) is 3.66. The van der Waals surface area contributed by atoms with E-state index in [0.29, 0.717) is 0 Å². The minimum absolute atomic E-state index is 0.856. The molecule has 0 radical (unpaired) electrons. The van der Waals surface area contributed by atoms with Crippen molar-refractivity contribution >= 4 is 13.5 Å². The van der Waals surface area contributed by atoms with E-state index in [4.69, 9.17) is 4.42 Å². The molecule has 0 aliphatic rings. The zero-order valence-corrected chi connectivity index (χ0v) is 3.51. The van der Waals surface area contributed by atoms with Gasteiger partial charge in [-0.15, -0.1) is 0 Å². The Bertz CT molecular complexity index is 114. The van der Waals surface area contributed by atoms with Crippen LogP contribution in [0.5, 0.6) is 0 Å². The van der Waals surface area contributed by atoms with Crippen LogP contribution in [0.3, 0.4) is 0 Å². The number of hydrogen-bond donors (Lipinski definition) is 0. The summed E-state index contributed by atoms with van der Waals surface area (Å²) < 4.78 is 4.72. The van der Waals surface area contributed by atoms with Gasteiger partial charge in [-0.1, -0.05) is 0 Å². The third-order valence-corrected chi connectivity index (χ3v) is 0.556. The van der Waals surface area contributed by atoms with Gasteiger partial charge in [-0.05, 0) is 0 Å². The quantitative estimate of drug-likeness (QED) is 0.372. The number of aromatic nitrogens is 1. The molecule has 0 N–H and O–H groups in total. The van der Waals surface area contributed by atoms with Gasteiger partial charge in [0, 0.05) is 0 Å². The number of oxazole rings is 1. The van der Waals surface area contributed by atoms with Gasteiger partial charge in [0.1, 0.15) is 0 Å². The second kappa shape index (κ2) is 1.16. The second-order valence-electron chi connectivity index (χ2n) is 1.11. The van der Waals surface area contributed by atoms with Crippen LogP contribution in [0.25, 0.3) is 0 Å². The summed E-state index contributed by atoms with van der Waals surface area (Å²) in [5, 5.41) is 0. The maximum Gasteiger partial charge on any atom is 0.188 e. The predicted molar refractivity (Wildman–Crippen MR) is 24.7 cm³/mol. The zero-order valence-electron chi connectivity index (χ0n) is 3.51. The maximum atomic E-state index is 4.72. The number of rotatable bonds is 0. The molecular weight excluding hydrogens is 76.9 g/mol. The van der Waals surface area contributed by atoms with Crippen LogP contribution in [0, 0.1) is 0 Å². The van der Waals surface area contributed by atoms with Crippen LogP contribution in [0.2, 0.25) is 0 Å². The molecule has 30 valence electrons. The Morgan fingerprint density at radius 2 is 2.67 bits per heavy atom. The lowest BCUT2D eigenvalue weighted by Gasteiger charge is -1.66. The minimum atomic E-state index is 0.856. The Kier molecular flexibility index (Phi) is 0.672. The van der Waals surface area contributed by atoms with Gasteiger partial charge in [-0.3, -0.25) is 0 Å². The molecule has 0 amide bonds. The monoisotopic (exact) mass is 81.0 g/mol. The summed E-state index contributed by atoms with van der Waals surface area (Å²) in [6, 6.07) is 0. The molecule has 0 atom stereocenters. The fourth-order valence-corrected chi connectivity index (χ4v) is 0.279. The molecule has 0 fully saturated rings. The van der Waals surface area contributed by atoms with Crippen LogP contribution < -0.4 is 5.66 Å². The highest BCUT2D eigenvalue weighted by atomic mass is 16.3. The highest BCUT2D eigenvalue weighted by Crippen LogP contribution is 1.67. The van der Waals surface area contributed by atoms with Crippen LogP contribution >= 0.6 is 0 Å². The Hall–Kier alpha value is -0.725. The fraction of sp³-hybridized carbons (Fsp3) is 0. The van der Waals surface area contributed by atoms with Gasteiger partial charge in [0.15, 0.2) is 14.2 Å². The lowest BCUT2D eigenvalue weighted by Crippen LogP contribution is -1.92. The molecule has 0 unspecified atom stereocenters. The van der Waals surface area contributed by atoms with E-state index in [1.54, 1.807) is 6.20 Å². The Labute approximate surface area is 36.6 Å². The zero-order chi connectivity index (χ0) is 4.41. The summed E-state index contributed by atoms with van der Waals surface area (Å²) >= 11 is 0. The van der Waals surface area contributed by atoms with Crippen molar-refractivity contribution in [1.82, 2.24) is 4.98 Å². The first-order valence-electron chi connectivity index (χ1n) is 1.74. The van der Waals surface area contributed by atoms with Crippen molar-refractivity contribution in [2.45, 2.75) is 0 Å². The summed E-state index contributed by atoms with van der Waals surface area (Å²) in [5.41, 5.74) is 0.856. The highest BCUT2D eigenvalue weighted by molar-refractivity contribution is 6.29. The molecule has 6 heavy (non-hydrogen) atoms. The van der Waals surface area contributed by atoms with Gasteiger partial charge in [-0.25, -0.2) is 4.98 Å². The summed E-state index contributed by atoms with van der Waals surface area (Å²) in [7, 11) is 1.85. The SMILES string of the molecule is Bc1cnco1. The molecule has 0 aliphatic heterocycles. The smallest absolute Gasteiger partial charge is 0.188 e. The first-order valence-corrected chi connectivity index (χ1v) is 1.74. The fourth-order valence-electron chi connectivity index (χ4n) is 0.279. The van der Waals surface area contributed by atoms with Crippen LogP contribution in [-0.2, 0) is 0 Å². The van der Waals surface area contributed by atoms with Crippen molar-refractivity contribution in [3.8, 4) is 0 Å². The molecule has 0 saturated heterocycles. The van der Waals surface area contributed by atoms with Crippen molar-refractivity contribution in [1.29, 1.82) is 0 Å². The molecular formula is C3H4BNO. The highest BCUT2D eigenvalue weighted by Gasteiger charge is 1.77. The topological polar surface area (TPSA) is 26.0 Å². The number of hydrogen-bond acceptors (Lipinski definition) is 2. The van der Waals surface area contributed by atoms with Gasteiger partial charge < -0.3 is 4.42 Å². The third kappa shape index (κ3) is 0.430. The Morgan fingerprint density at radius 3 is 2.83 bits per heavy atom. The molecule has 1 aromatic heterocycles. The molecule has 1 rings (SSSR count). The first-order chi connectivity index (χ1) is 2.89. The summed E-state index contributed by atoms with van der Waals surface area (Å²) in [6.45, 7) is 0. The molecule has 2 nitrogen and oxygen atoms in total. The second-order valence-corrected chi connectivity index (χ2v) is 1.11. The minimum Gasteiger partial charge on any atom is -0.460 e. The van der Waals surface area contributed by atoms with E-state index in [2.05, 4.69) is 4.98 Å². The van der Waals surface area contributed by atoms with Crippen LogP contribution in [0.4, 0.5) is 0 Å². The largest absolute Gasteiger partial charge is 0.460 e. The van der Waals surface area contributed by atoms with Crippen molar-refractivity contribution in [3.63, 3.8) is 0 Å². The molecule has 0 saturated carbocycles. The van der Waals surface area contributed by atoms with Gasteiger partial charge in [0.05, 0.1) is 11.9 Å². The Morgan fingerprint density at radius 1 is 1.83 bits per heavy atom. The lowest BCUT2D eigenvalue weighted by atomic mass is 10.1. The van der Waals surface area contributed by atoms with Crippen LogP contribution in [-0.4, -0.2) is 12.8 Å². The molecule has 1 heterocycles. The average molecular weight is 80.9 g/mol. The standard InChI is InChI=1S/C3H4BNO/c4-3-1-5-2-6-3/h1-2H,4H2. The molecule has 0 spiro atoms. The molecule has 0 aliphatic carbocycles. The van der Waals surface area contributed by atoms with Gasteiger partial charge in [0.2, 0.25) is 0 Å². The third-order valence-electron chi connectivity index (χ3n) is 0.556. The van der Waals surface area contributed by atoms with Crippen LogP contribution in [0.15, 0.2) is 17.0 Å². The van der Waals surface area contributed by atoms with Crippen molar-refractivity contribution < 1.29 is 4.42 Å². The van der Waals surface area contributed by atoms with Gasteiger partial charge in [-0.2, -0.15) is 0 Å². The van der Waals surface area contributed by atoms with E-state index in [9.17, 15) is 0 Å². The van der Waals surface area contributed by atoms with Crippen molar-refractivity contribution in [3.05, 3.63) is 12.6 Å². The summed E-state index contributed by atoms with van der Waals surface area (Å²) in [5.74, 6) is 0. The number of nitrogens with zero attached hydrogens (tertiary/aromatic N) is 1. The Balaban J connectivity index is 3.05. The van der Waals surface area contributed by atoms with E-state index in [0.717, 1.165) is 5.66 Å². The summed E-state index contributed by atoms with van der Waals surface area (Å²) in [6.07, 6.45) is 3.08. The van der Waals surface area contributed by atoms with Gasteiger partial charge >= 0.3 is 0 Å². The van der Waals surface area contributed by atoms with E-state index >= 15 is 0 Å². The molecule has 1 aromatic rings. The maximum absolute atomic E-state index is 4.72. The van der Waals surface area contributed by atoms with E-state index in [-0.39, 0.29) is 0 Å². The normalized spacial score (nSPS) is 8.67. The lowest BCUT2D eigenvalue weighted by molar-refractivity contribution is 0.590. The van der Waals surface area contributed by atoms with Crippen molar-refractivity contribution in [2.75, 3.05) is 0 Å². The molecule has 0 aromatic carbocycles. The first kappa shape index (κ1) is 3.46. The van der Waals surface area contributed by atoms with E-state index in [1.807, 2.05) is 7.85 Å². The molecule has 0 bridgehead atoms. The van der Waals surface area contributed by atoms with Crippen LogP contribution in [0.1, 0.15) is 0 Å². The average Bonchev–Trinajstić information content (AvgIpc) is 1.86. The molecule has 3 heteroatoms. The van der Waals surface area contributed by atoms with Gasteiger partial charge in [0.25, 0.3) is 0 Å². The van der Waals surface area contributed by atoms with Crippen molar-refractivity contribution in [2.24, 2.45) is 0 Å².